The Morgan fingerprint density at radius 2 is 2.21 bits per heavy atom. The first kappa shape index (κ1) is 9.97. The van der Waals surface area contributed by atoms with Gasteiger partial charge < -0.3 is 10.1 Å². The van der Waals surface area contributed by atoms with Crippen LogP contribution in [0.5, 0.6) is 0 Å². The molecule has 3 heteroatoms. The van der Waals surface area contributed by atoms with Gasteiger partial charge in [0.25, 0.3) is 0 Å². The third-order valence-electron chi connectivity index (χ3n) is 2.45. The van der Waals surface area contributed by atoms with E-state index in [0.717, 1.165) is 23.7 Å². The van der Waals surface area contributed by atoms with Crippen molar-refractivity contribution in [2.45, 2.75) is 19.1 Å². The second-order valence-electron chi connectivity index (χ2n) is 3.65. The summed E-state index contributed by atoms with van der Waals surface area (Å²) in [6.45, 7) is 3.70. The molecule has 1 N–H and O–H groups in total. The van der Waals surface area contributed by atoms with E-state index in [2.05, 4.69) is 12.2 Å². The minimum Gasteiger partial charge on any atom is -0.371 e. The Bertz CT molecular complexity index is 308. The summed E-state index contributed by atoms with van der Waals surface area (Å²) in [5.41, 5.74) is 1.08. The van der Waals surface area contributed by atoms with E-state index >= 15 is 0 Å². The average molecular weight is 212 g/mol. The normalized spacial score (nSPS) is 27.6. The predicted molar refractivity (Wildman–Crippen MR) is 57.6 cm³/mol. The first-order chi connectivity index (χ1) is 6.77. The molecular formula is C11H14ClNO. The highest BCUT2D eigenvalue weighted by Crippen LogP contribution is 2.26. The average Bonchev–Trinajstić information content (AvgIpc) is 2.20. The zero-order valence-corrected chi connectivity index (χ0v) is 8.92. The molecule has 76 valence electrons. The lowest BCUT2D eigenvalue weighted by molar-refractivity contribution is 0.00701. The Balaban J connectivity index is 2.12. The van der Waals surface area contributed by atoms with Crippen molar-refractivity contribution in [2.75, 3.05) is 13.2 Å². The van der Waals surface area contributed by atoms with Crippen LogP contribution in [0.1, 0.15) is 18.6 Å². The van der Waals surface area contributed by atoms with Crippen LogP contribution in [0.15, 0.2) is 24.3 Å². The molecule has 0 saturated carbocycles. The van der Waals surface area contributed by atoms with E-state index in [1.807, 2.05) is 24.3 Å². The van der Waals surface area contributed by atoms with Gasteiger partial charge in [0.2, 0.25) is 0 Å². The molecule has 2 atom stereocenters. The van der Waals surface area contributed by atoms with Crippen LogP contribution in [0.4, 0.5) is 0 Å². The number of benzene rings is 1. The standard InChI is InChI=1S/C11H14ClNO/c1-8-7-14-11(6-13-8)9-4-2-3-5-10(9)12/h2-5,8,11,13H,6-7H2,1H3. The smallest absolute Gasteiger partial charge is 0.0964 e. The first-order valence-electron chi connectivity index (χ1n) is 4.87. The van der Waals surface area contributed by atoms with E-state index < -0.39 is 0 Å². The maximum atomic E-state index is 6.09. The van der Waals surface area contributed by atoms with Gasteiger partial charge in [-0.1, -0.05) is 29.8 Å². The maximum Gasteiger partial charge on any atom is 0.0964 e. The highest BCUT2D eigenvalue weighted by atomic mass is 35.5. The number of rotatable bonds is 1. The van der Waals surface area contributed by atoms with Crippen LogP contribution < -0.4 is 5.32 Å². The number of halogens is 1. The third-order valence-corrected chi connectivity index (χ3v) is 2.80. The topological polar surface area (TPSA) is 21.3 Å². The van der Waals surface area contributed by atoms with Crippen molar-refractivity contribution in [3.63, 3.8) is 0 Å². The Kier molecular flexibility index (Phi) is 3.06. The molecule has 1 heterocycles. The lowest BCUT2D eigenvalue weighted by atomic mass is 10.1. The van der Waals surface area contributed by atoms with Gasteiger partial charge >= 0.3 is 0 Å². The van der Waals surface area contributed by atoms with Crippen molar-refractivity contribution in [2.24, 2.45) is 0 Å². The molecule has 0 bridgehead atoms. The molecule has 2 nitrogen and oxygen atoms in total. The van der Waals surface area contributed by atoms with E-state index in [-0.39, 0.29) is 6.10 Å². The second-order valence-corrected chi connectivity index (χ2v) is 4.06. The summed E-state index contributed by atoms with van der Waals surface area (Å²) in [6.07, 6.45) is 0.0971. The molecule has 2 rings (SSSR count). The molecule has 1 saturated heterocycles. The number of nitrogens with one attached hydrogen (secondary N) is 1. The van der Waals surface area contributed by atoms with Crippen molar-refractivity contribution in [1.29, 1.82) is 0 Å². The summed E-state index contributed by atoms with van der Waals surface area (Å²) in [5, 5.41) is 4.16. The molecule has 0 amide bonds. The van der Waals surface area contributed by atoms with Crippen LogP contribution in [0.2, 0.25) is 5.02 Å². The molecule has 1 aliphatic rings. The van der Waals surface area contributed by atoms with E-state index in [9.17, 15) is 0 Å². The fourth-order valence-corrected chi connectivity index (χ4v) is 1.88. The lowest BCUT2D eigenvalue weighted by Gasteiger charge is -2.28. The molecule has 0 radical (unpaired) electrons. The Morgan fingerprint density at radius 1 is 1.43 bits per heavy atom. The van der Waals surface area contributed by atoms with Crippen LogP contribution in [0.25, 0.3) is 0 Å². The highest BCUT2D eigenvalue weighted by molar-refractivity contribution is 6.31. The molecule has 0 aromatic heterocycles. The maximum absolute atomic E-state index is 6.09. The largest absolute Gasteiger partial charge is 0.371 e. The molecular weight excluding hydrogens is 198 g/mol. The van der Waals surface area contributed by atoms with Gasteiger partial charge in [0.1, 0.15) is 0 Å². The third kappa shape index (κ3) is 2.08. The molecule has 1 fully saturated rings. The highest BCUT2D eigenvalue weighted by Gasteiger charge is 2.20. The van der Waals surface area contributed by atoms with Gasteiger partial charge in [-0.2, -0.15) is 0 Å². The molecule has 1 aromatic carbocycles. The molecule has 14 heavy (non-hydrogen) atoms. The van der Waals surface area contributed by atoms with Gasteiger partial charge in [-0.25, -0.2) is 0 Å². The number of ether oxygens (including phenoxy) is 1. The minimum absolute atomic E-state index is 0.0971. The van der Waals surface area contributed by atoms with Crippen LogP contribution in [0.3, 0.4) is 0 Å². The molecule has 0 spiro atoms. The minimum atomic E-state index is 0.0971. The number of hydrogen-bond donors (Lipinski definition) is 1. The summed E-state index contributed by atoms with van der Waals surface area (Å²) < 4.78 is 5.71. The summed E-state index contributed by atoms with van der Waals surface area (Å²) in [6, 6.07) is 8.28. The fourth-order valence-electron chi connectivity index (χ4n) is 1.62. The van der Waals surface area contributed by atoms with Gasteiger partial charge in [0, 0.05) is 23.2 Å². The second kappa shape index (κ2) is 4.30. The van der Waals surface area contributed by atoms with Crippen LogP contribution in [0, 0.1) is 0 Å². The van der Waals surface area contributed by atoms with Crippen LogP contribution in [-0.4, -0.2) is 19.2 Å². The van der Waals surface area contributed by atoms with Crippen LogP contribution in [-0.2, 0) is 4.74 Å². The van der Waals surface area contributed by atoms with E-state index in [1.54, 1.807) is 0 Å². The van der Waals surface area contributed by atoms with Crippen molar-refractivity contribution in [3.8, 4) is 0 Å². The van der Waals surface area contributed by atoms with Gasteiger partial charge in [-0.15, -0.1) is 0 Å². The predicted octanol–water partition coefficient (Wildman–Crippen LogP) is 2.39. The van der Waals surface area contributed by atoms with Crippen molar-refractivity contribution in [3.05, 3.63) is 34.9 Å². The Labute approximate surface area is 89.2 Å². The van der Waals surface area contributed by atoms with Gasteiger partial charge in [-0.05, 0) is 13.0 Å². The van der Waals surface area contributed by atoms with Crippen molar-refractivity contribution < 1.29 is 4.74 Å². The van der Waals surface area contributed by atoms with Crippen molar-refractivity contribution >= 4 is 11.6 Å². The quantitative estimate of drug-likeness (QED) is 0.770. The van der Waals surface area contributed by atoms with E-state index in [4.69, 9.17) is 16.3 Å². The first-order valence-corrected chi connectivity index (χ1v) is 5.24. The zero-order chi connectivity index (χ0) is 9.97. The van der Waals surface area contributed by atoms with Gasteiger partial charge in [-0.3, -0.25) is 0 Å². The molecule has 2 unspecified atom stereocenters. The Hall–Kier alpha value is -0.570. The SMILES string of the molecule is CC1COC(c2ccccc2Cl)CN1. The number of morpholine rings is 1. The number of hydrogen-bond acceptors (Lipinski definition) is 2. The fraction of sp³-hybridized carbons (Fsp3) is 0.455. The summed E-state index contributed by atoms with van der Waals surface area (Å²) in [5.74, 6) is 0. The summed E-state index contributed by atoms with van der Waals surface area (Å²) >= 11 is 6.09. The van der Waals surface area contributed by atoms with Gasteiger partial charge in [0.05, 0.1) is 12.7 Å². The Morgan fingerprint density at radius 3 is 2.86 bits per heavy atom. The van der Waals surface area contributed by atoms with Crippen molar-refractivity contribution in [1.82, 2.24) is 5.32 Å². The monoisotopic (exact) mass is 211 g/mol. The van der Waals surface area contributed by atoms with E-state index in [1.165, 1.54) is 0 Å². The summed E-state index contributed by atoms with van der Waals surface area (Å²) in [7, 11) is 0. The van der Waals surface area contributed by atoms with E-state index in [0.29, 0.717) is 6.04 Å². The molecule has 1 aromatic rings. The zero-order valence-electron chi connectivity index (χ0n) is 8.16. The van der Waals surface area contributed by atoms with Crippen LogP contribution >= 0.6 is 11.6 Å². The van der Waals surface area contributed by atoms with Gasteiger partial charge in [0.15, 0.2) is 0 Å². The molecule has 0 aliphatic carbocycles. The summed E-state index contributed by atoms with van der Waals surface area (Å²) in [4.78, 5) is 0. The lowest BCUT2D eigenvalue weighted by Crippen LogP contribution is -2.40. The molecule has 1 aliphatic heterocycles.